The van der Waals surface area contributed by atoms with Crippen LogP contribution in [0, 0.1) is 0 Å². The Morgan fingerprint density at radius 2 is 0.750 bits per heavy atom. The minimum Gasteiger partial charge on any atom is -0.394 e. The maximum absolute atomic E-state index is 9.12. The van der Waals surface area contributed by atoms with E-state index in [1.165, 1.54) is 0 Å². The van der Waals surface area contributed by atoms with Gasteiger partial charge in [-0.25, -0.2) is 0 Å². The van der Waals surface area contributed by atoms with Gasteiger partial charge in [0.1, 0.15) is 48.8 Å². The second kappa shape index (κ2) is 9.28. The highest BCUT2D eigenvalue weighted by Gasteiger charge is 2.43. The summed E-state index contributed by atoms with van der Waals surface area (Å²) in [5.41, 5.74) is 0. The van der Waals surface area contributed by atoms with Gasteiger partial charge in [-0.15, -0.1) is 0 Å². The summed E-state index contributed by atoms with van der Waals surface area (Å²) in [6.07, 6.45) is -14.1. The number of hydrogen-bond acceptors (Lipinski definition) is 12. The van der Waals surface area contributed by atoms with Crippen LogP contribution >= 0.6 is 0 Å². The smallest absolute Gasteiger partial charge is 0.184 e. The number of rotatable bonds is 2. The Morgan fingerprint density at radius 1 is 0.458 bits per heavy atom. The normalized spacial score (nSPS) is 49.2. The number of aliphatic hydroxyl groups excluding tert-OH is 10. The van der Waals surface area contributed by atoms with Gasteiger partial charge in [-0.2, -0.15) is 0 Å². The lowest BCUT2D eigenvalue weighted by Gasteiger charge is -2.37. The molecule has 144 valence electrons. The Bertz CT molecular complexity index is 326. The van der Waals surface area contributed by atoms with Crippen molar-refractivity contribution in [1.29, 1.82) is 0 Å². The van der Waals surface area contributed by atoms with E-state index in [4.69, 9.17) is 51.1 Å². The molecule has 2 aliphatic heterocycles. The summed E-state index contributed by atoms with van der Waals surface area (Å²) in [6, 6.07) is 0. The lowest BCUT2D eigenvalue weighted by molar-refractivity contribution is -0.286. The summed E-state index contributed by atoms with van der Waals surface area (Å²) < 4.78 is 9.15. The molecule has 0 radical (unpaired) electrons. The Labute approximate surface area is 136 Å². The molecule has 0 aliphatic carbocycles. The van der Waals surface area contributed by atoms with Gasteiger partial charge in [-0.3, -0.25) is 0 Å². The molecule has 2 rings (SSSR count). The second-order valence-electron chi connectivity index (χ2n) is 5.44. The van der Waals surface area contributed by atoms with Crippen LogP contribution in [0.15, 0.2) is 0 Å². The Kier molecular flexibility index (Phi) is 8.34. The summed E-state index contributed by atoms with van der Waals surface area (Å²) in [5.74, 6) is 0. The highest BCUT2D eigenvalue weighted by molar-refractivity contribution is 4.88. The fraction of sp³-hybridized carbons (Fsp3) is 1.00. The highest BCUT2D eigenvalue weighted by Crippen LogP contribution is 2.19. The number of ether oxygens (including phenoxy) is 2. The van der Waals surface area contributed by atoms with Gasteiger partial charge in [0.05, 0.1) is 13.2 Å². The third-order valence-electron chi connectivity index (χ3n) is 3.73. The van der Waals surface area contributed by atoms with E-state index in [-0.39, 0.29) is 0 Å². The zero-order valence-corrected chi connectivity index (χ0v) is 12.5. The summed E-state index contributed by atoms with van der Waals surface area (Å²) >= 11 is 0. The first-order valence-corrected chi connectivity index (χ1v) is 7.12. The first kappa shape index (κ1) is 21.6. The summed E-state index contributed by atoms with van der Waals surface area (Å²) in [6.45, 7) is -1.05. The van der Waals surface area contributed by atoms with Crippen molar-refractivity contribution in [1.82, 2.24) is 0 Å². The van der Waals surface area contributed by atoms with Crippen LogP contribution < -0.4 is 0 Å². The van der Waals surface area contributed by atoms with E-state index in [0.717, 1.165) is 0 Å². The molecule has 0 aromatic carbocycles. The van der Waals surface area contributed by atoms with Crippen molar-refractivity contribution in [3.05, 3.63) is 0 Å². The van der Waals surface area contributed by atoms with Crippen molar-refractivity contribution in [2.45, 2.75) is 61.4 Å². The zero-order valence-electron chi connectivity index (χ0n) is 12.5. The molecule has 2 heterocycles. The van der Waals surface area contributed by atoms with Crippen LogP contribution in [0.1, 0.15) is 0 Å². The quantitative estimate of drug-likeness (QED) is 0.222. The molecule has 2 unspecified atom stereocenters. The first-order valence-electron chi connectivity index (χ1n) is 7.12. The van der Waals surface area contributed by atoms with Gasteiger partial charge in [0.25, 0.3) is 0 Å². The Hall–Kier alpha value is -0.480. The van der Waals surface area contributed by atoms with E-state index in [1.807, 2.05) is 0 Å². The Morgan fingerprint density at radius 3 is 1.00 bits per heavy atom. The van der Waals surface area contributed by atoms with Crippen molar-refractivity contribution in [3.8, 4) is 0 Å². The van der Waals surface area contributed by atoms with Crippen molar-refractivity contribution in [2.24, 2.45) is 0 Å². The van der Waals surface area contributed by atoms with E-state index in [2.05, 4.69) is 9.47 Å². The number of aliphatic hydroxyl groups is 10. The standard InChI is InChI=1S/2C6H12O6/c2*7-1-2-3(8)4(9)5(10)6(11)12-2/h2*2-11H,1H2/t2*2-,3-,4-,5-,6?/m11/s1. The van der Waals surface area contributed by atoms with Crippen molar-refractivity contribution >= 4 is 0 Å². The van der Waals surface area contributed by atoms with Crippen LogP contribution in [0.25, 0.3) is 0 Å². The average Bonchev–Trinajstić information content (AvgIpc) is 2.58. The van der Waals surface area contributed by atoms with Crippen LogP contribution in [-0.4, -0.2) is 126 Å². The largest absolute Gasteiger partial charge is 0.394 e. The van der Waals surface area contributed by atoms with Crippen molar-refractivity contribution in [3.63, 3.8) is 0 Å². The lowest BCUT2D eigenvalue weighted by Crippen LogP contribution is -2.58. The number of hydrogen-bond donors (Lipinski definition) is 10. The maximum atomic E-state index is 9.12. The third kappa shape index (κ3) is 4.78. The van der Waals surface area contributed by atoms with Gasteiger partial charge in [-0.05, 0) is 0 Å². The Balaban J connectivity index is 0.000000240. The summed E-state index contributed by atoms with van der Waals surface area (Å²) in [4.78, 5) is 0. The second-order valence-corrected chi connectivity index (χ2v) is 5.44. The predicted molar refractivity (Wildman–Crippen MR) is 72.0 cm³/mol. The lowest BCUT2D eigenvalue weighted by atomic mass is 10.00. The van der Waals surface area contributed by atoms with Gasteiger partial charge >= 0.3 is 0 Å². The van der Waals surface area contributed by atoms with Crippen LogP contribution in [0.3, 0.4) is 0 Å². The molecule has 2 fully saturated rings. The van der Waals surface area contributed by atoms with Crippen molar-refractivity contribution < 1.29 is 60.5 Å². The van der Waals surface area contributed by atoms with E-state index in [9.17, 15) is 0 Å². The van der Waals surface area contributed by atoms with Gasteiger partial charge in [-0.1, -0.05) is 0 Å². The average molecular weight is 360 g/mol. The molecule has 10 atom stereocenters. The highest BCUT2D eigenvalue weighted by atomic mass is 16.6. The summed E-state index contributed by atoms with van der Waals surface area (Å²) in [5, 5.41) is 89.3. The minimum atomic E-state index is -1.57. The van der Waals surface area contributed by atoms with Gasteiger partial charge in [0.2, 0.25) is 0 Å². The molecular formula is C12H24O12. The molecule has 2 aliphatic rings. The fourth-order valence-corrected chi connectivity index (χ4v) is 2.16. The monoisotopic (exact) mass is 360 g/mol. The molecule has 0 aromatic heterocycles. The third-order valence-corrected chi connectivity index (χ3v) is 3.73. The minimum absolute atomic E-state index is 0.526. The molecule has 12 nitrogen and oxygen atoms in total. The summed E-state index contributed by atoms with van der Waals surface area (Å²) in [7, 11) is 0. The van der Waals surface area contributed by atoms with Crippen LogP contribution in [0.5, 0.6) is 0 Å². The fourth-order valence-electron chi connectivity index (χ4n) is 2.16. The molecule has 10 N–H and O–H groups in total. The molecule has 12 heteroatoms. The molecule has 0 bridgehead atoms. The van der Waals surface area contributed by atoms with Crippen molar-refractivity contribution in [2.75, 3.05) is 13.2 Å². The molecule has 0 spiro atoms. The maximum Gasteiger partial charge on any atom is 0.184 e. The van der Waals surface area contributed by atoms with E-state index in [0.29, 0.717) is 0 Å². The van der Waals surface area contributed by atoms with Crippen LogP contribution in [-0.2, 0) is 9.47 Å². The van der Waals surface area contributed by atoms with Gasteiger partial charge in [0, 0.05) is 0 Å². The van der Waals surface area contributed by atoms with E-state index in [1.54, 1.807) is 0 Å². The first-order chi connectivity index (χ1) is 11.1. The van der Waals surface area contributed by atoms with Crippen LogP contribution in [0.2, 0.25) is 0 Å². The molecule has 0 amide bonds. The zero-order chi connectivity index (χ0) is 18.6. The SMILES string of the molecule is OC[C@H]1OC(O)[C@H](O)[C@H](O)[C@@H]1O.OC[C@H]1OC(O)[C@H](O)[C@H](O)[C@@H]1O. The molecule has 24 heavy (non-hydrogen) atoms. The van der Waals surface area contributed by atoms with Crippen LogP contribution in [0.4, 0.5) is 0 Å². The predicted octanol–water partition coefficient (Wildman–Crippen LogP) is -6.44. The molecule has 0 saturated carbocycles. The van der Waals surface area contributed by atoms with E-state index >= 15 is 0 Å². The van der Waals surface area contributed by atoms with Gasteiger partial charge in [0.15, 0.2) is 12.6 Å². The van der Waals surface area contributed by atoms with E-state index < -0.39 is 74.6 Å². The molecule has 0 aromatic rings. The molecular weight excluding hydrogens is 336 g/mol. The van der Waals surface area contributed by atoms with Gasteiger partial charge < -0.3 is 60.5 Å². The molecule has 2 saturated heterocycles. The topological polar surface area (TPSA) is 221 Å².